The fourth-order valence-electron chi connectivity index (χ4n) is 0.947. The van der Waals surface area contributed by atoms with Gasteiger partial charge in [-0.05, 0) is 6.92 Å². The average Bonchev–Trinajstić information content (AvgIpc) is 2.18. The molecule has 1 aliphatic rings. The van der Waals surface area contributed by atoms with Crippen molar-refractivity contribution >= 4 is 6.21 Å². The van der Waals surface area contributed by atoms with Crippen molar-refractivity contribution in [3.05, 3.63) is 12.2 Å². The molecule has 1 aliphatic heterocycles. The highest BCUT2D eigenvalue weighted by Gasteiger charge is 2.11. The summed E-state index contributed by atoms with van der Waals surface area (Å²) in [4.78, 5) is 0. The molecule has 0 aromatic carbocycles. The second-order valence-electron chi connectivity index (χ2n) is 2.20. The zero-order chi connectivity index (χ0) is 6.69. The normalized spacial score (nSPS) is 26.4. The van der Waals surface area contributed by atoms with Gasteiger partial charge in [-0.25, -0.2) is 0 Å². The zero-order valence-corrected chi connectivity index (χ0v) is 5.91. The Morgan fingerprint density at radius 3 is 3.00 bits per heavy atom. The predicted octanol–water partition coefficient (Wildman–Crippen LogP) is 1.25. The van der Waals surface area contributed by atoms with Crippen molar-refractivity contribution in [2.75, 3.05) is 7.05 Å². The van der Waals surface area contributed by atoms with Gasteiger partial charge in [-0.1, -0.05) is 12.2 Å². The summed E-state index contributed by atoms with van der Waals surface area (Å²) in [6.45, 7) is 2.03. The van der Waals surface area contributed by atoms with Gasteiger partial charge in [0.2, 0.25) is 0 Å². The summed E-state index contributed by atoms with van der Waals surface area (Å²) in [6.07, 6.45) is 7.23. The molecule has 0 bridgehead atoms. The van der Waals surface area contributed by atoms with Crippen LogP contribution in [-0.2, 0) is 0 Å². The number of hydrazone groups is 1. The Kier molecular flexibility index (Phi) is 1.88. The molecule has 0 radical (unpaired) electrons. The van der Waals surface area contributed by atoms with Gasteiger partial charge in [0.05, 0.1) is 6.04 Å². The van der Waals surface area contributed by atoms with Crippen molar-refractivity contribution in [3.8, 4) is 0 Å². The quantitative estimate of drug-likeness (QED) is 0.480. The second-order valence-corrected chi connectivity index (χ2v) is 2.20. The Balaban J connectivity index is 2.45. The Labute approximate surface area is 55.9 Å². The van der Waals surface area contributed by atoms with E-state index < -0.39 is 0 Å². The van der Waals surface area contributed by atoms with Crippen LogP contribution in [0.3, 0.4) is 0 Å². The lowest BCUT2D eigenvalue weighted by Gasteiger charge is -2.13. The van der Waals surface area contributed by atoms with E-state index in [1.807, 2.05) is 25.2 Å². The standard InChI is InChI=1S/C7H12N2/c1-3-4-7-5-6-8-9(7)2/h3-4,6-7H,5H2,1-2H3/b4-3+. The molecule has 50 valence electrons. The zero-order valence-electron chi connectivity index (χ0n) is 5.91. The van der Waals surface area contributed by atoms with E-state index in [-0.39, 0.29) is 0 Å². The molecule has 0 amide bonds. The molecule has 0 fully saturated rings. The Morgan fingerprint density at radius 2 is 2.56 bits per heavy atom. The van der Waals surface area contributed by atoms with Crippen LogP contribution in [0, 0.1) is 0 Å². The molecule has 2 nitrogen and oxygen atoms in total. The fourth-order valence-corrected chi connectivity index (χ4v) is 0.947. The van der Waals surface area contributed by atoms with Crippen LogP contribution in [0.5, 0.6) is 0 Å². The number of rotatable bonds is 1. The van der Waals surface area contributed by atoms with Gasteiger partial charge in [-0.3, -0.25) is 5.01 Å². The maximum absolute atomic E-state index is 4.09. The summed E-state index contributed by atoms with van der Waals surface area (Å²) in [6, 6.07) is 0.509. The van der Waals surface area contributed by atoms with Crippen LogP contribution in [0.1, 0.15) is 13.3 Å². The molecule has 9 heavy (non-hydrogen) atoms. The van der Waals surface area contributed by atoms with Crippen molar-refractivity contribution in [3.63, 3.8) is 0 Å². The van der Waals surface area contributed by atoms with Crippen LogP contribution < -0.4 is 0 Å². The smallest absolute Gasteiger partial charge is 0.0697 e. The minimum Gasteiger partial charge on any atom is -0.293 e. The van der Waals surface area contributed by atoms with Gasteiger partial charge in [-0.15, -0.1) is 0 Å². The lowest BCUT2D eigenvalue weighted by molar-refractivity contribution is 0.329. The van der Waals surface area contributed by atoms with Gasteiger partial charge < -0.3 is 0 Å². The summed E-state index contributed by atoms with van der Waals surface area (Å²) in [5, 5.41) is 6.07. The third kappa shape index (κ3) is 1.31. The molecule has 0 aromatic rings. The van der Waals surface area contributed by atoms with Crippen molar-refractivity contribution in [2.45, 2.75) is 19.4 Å². The monoisotopic (exact) mass is 124 g/mol. The first-order chi connectivity index (χ1) is 4.34. The van der Waals surface area contributed by atoms with Gasteiger partial charge in [0.25, 0.3) is 0 Å². The number of allylic oxidation sites excluding steroid dienone is 1. The van der Waals surface area contributed by atoms with Crippen LogP contribution in [0.25, 0.3) is 0 Å². The van der Waals surface area contributed by atoms with Gasteiger partial charge in [0.15, 0.2) is 0 Å². The number of hydrogen-bond donors (Lipinski definition) is 0. The third-order valence-electron chi connectivity index (χ3n) is 1.51. The average molecular weight is 124 g/mol. The first kappa shape index (κ1) is 6.33. The molecule has 0 aliphatic carbocycles. The van der Waals surface area contributed by atoms with Crippen molar-refractivity contribution in [2.24, 2.45) is 5.10 Å². The number of hydrogen-bond acceptors (Lipinski definition) is 2. The third-order valence-corrected chi connectivity index (χ3v) is 1.51. The summed E-state index contributed by atoms with van der Waals surface area (Å²) in [5.74, 6) is 0. The van der Waals surface area contributed by atoms with Crippen LogP contribution in [0.2, 0.25) is 0 Å². The molecule has 1 atom stereocenters. The molecule has 2 heteroatoms. The van der Waals surface area contributed by atoms with Crippen LogP contribution >= 0.6 is 0 Å². The number of likely N-dealkylation sites (N-methyl/N-ethyl adjacent to an activating group) is 1. The second kappa shape index (κ2) is 2.67. The summed E-state index contributed by atoms with van der Waals surface area (Å²) in [7, 11) is 1.99. The highest BCUT2D eigenvalue weighted by molar-refractivity contribution is 5.60. The van der Waals surface area contributed by atoms with E-state index in [1.165, 1.54) is 0 Å². The van der Waals surface area contributed by atoms with Crippen molar-refractivity contribution in [1.82, 2.24) is 5.01 Å². The maximum Gasteiger partial charge on any atom is 0.0697 e. The van der Waals surface area contributed by atoms with Gasteiger partial charge in [-0.2, -0.15) is 5.10 Å². The lowest BCUT2D eigenvalue weighted by atomic mass is 10.2. The molecular formula is C7H12N2. The van der Waals surface area contributed by atoms with E-state index in [4.69, 9.17) is 0 Å². The molecule has 0 saturated heterocycles. The molecule has 0 N–H and O–H groups in total. The first-order valence-electron chi connectivity index (χ1n) is 3.22. The van der Waals surface area contributed by atoms with E-state index >= 15 is 0 Å². The van der Waals surface area contributed by atoms with Crippen molar-refractivity contribution in [1.29, 1.82) is 0 Å². The van der Waals surface area contributed by atoms with E-state index in [0.717, 1.165) is 6.42 Å². The number of nitrogens with zero attached hydrogens (tertiary/aromatic N) is 2. The van der Waals surface area contributed by atoms with Gasteiger partial charge in [0.1, 0.15) is 0 Å². The topological polar surface area (TPSA) is 15.6 Å². The SMILES string of the molecule is C/C=C/C1CC=NN1C. The summed E-state index contributed by atoms with van der Waals surface area (Å²) in [5.41, 5.74) is 0. The van der Waals surface area contributed by atoms with Crippen LogP contribution in [0.4, 0.5) is 0 Å². The molecule has 1 rings (SSSR count). The van der Waals surface area contributed by atoms with E-state index in [1.54, 1.807) is 0 Å². The molecule has 0 spiro atoms. The fraction of sp³-hybridized carbons (Fsp3) is 0.571. The largest absolute Gasteiger partial charge is 0.293 e. The minimum atomic E-state index is 0.509. The van der Waals surface area contributed by atoms with E-state index in [0.29, 0.717) is 6.04 Å². The molecular weight excluding hydrogens is 112 g/mol. The minimum absolute atomic E-state index is 0.509. The summed E-state index contributed by atoms with van der Waals surface area (Å²) >= 11 is 0. The summed E-state index contributed by atoms with van der Waals surface area (Å²) < 4.78 is 0. The first-order valence-corrected chi connectivity index (χ1v) is 3.22. The molecule has 0 saturated carbocycles. The van der Waals surface area contributed by atoms with E-state index in [9.17, 15) is 0 Å². The Hall–Kier alpha value is -0.790. The highest BCUT2D eigenvalue weighted by atomic mass is 15.5. The van der Waals surface area contributed by atoms with Crippen LogP contribution in [-0.4, -0.2) is 24.3 Å². The van der Waals surface area contributed by atoms with Crippen molar-refractivity contribution < 1.29 is 0 Å². The Bertz CT molecular complexity index is 138. The lowest BCUT2D eigenvalue weighted by Crippen LogP contribution is -2.19. The Morgan fingerprint density at radius 1 is 1.78 bits per heavy atom. The molecule has 1 unspecified atom stereocenters. The maximum atomic E-state index is 4.09. The molecule has 1 heterocycles. The van der Waals surface area contributed by atoms with E-state index in [2.05, 4.69) is 17.3 Å². The predicted molar refractivity (Wildman–Crippen MR) is 39.5 cm³/mol. The van der Waals surface area contributed by atoms with Gasteiger partial charge in [0, 0.05) is 19.7 Å². The van der Waals surface area contributed by atoms with Gasteiger partial charge >= 0.3 is 0 Å². The van der Waals surface area contributed by atoms with Crippen LogP contribution in [0.15, 0.2) is 17.3 Å². The highest BCUT2D eigenvalue weighted by Crippen LogP contribution is 2.08. The molecule has 0 aromatic heterocycles.